The number of imide groups is 1. The molecule has 0 N–H and O–H groups in total. The molecule has 2 saturated heterocycles. The van der Waals surface area contributed by atoms with Crippen LogP contribution in [0.1, 0.15) is 6.42 Å². The van der Waals surface area contributed by atoms with Crippen molar-refractivity contribution in [1.29, 1.82) is 0 Å². The summed E-state index contributed by atoms with van der Waals surface area (Å²) in [6.45, 7) is 2.37. The van der Waals surface area contributed by atoms with Crippen LogP contribution >= 0.6 is 0 Å². The van der Waals surface area contributed by atoms with Crippen molar-refractivity contribution in [2.75, 3.05) is 36.0 Å². The molecule has 11 nitrogen and oxygen atoms in total. The van der Waals surface area contributed by atoms with Crippen molar-refractivity contribution in [3.63, 3.8) is 0 Å². The maximum Gasteiger partial charge on any atom is 0.269 e. The lowest BCUT2D eigenvalue weighted by atomic mass is 10.1. The van der Waals surface area contributed by atoms with Gasteiger partial charge in [-0.3, -0.25) is 34.7 Å². The Balaban J connectivity index is 1.41. The molecule has 0 bridgehead atoms. The number of piperazine rings is 1. The predicted molar refractivity (Wildman–Crippen MR) is 111 cm³/mol. The van der Waals surface area contributed by atoms with Gasteiger partial charge in [-0.2, -0.15) is 0 Å². The van der Waals surface area contributed by atoms with Crippen LogP contribution in [0, 0.1) is 20.2 Å². The number of non-ortho nitro benzene ring substituents is 2. The molecule has 0 unspecified atom stereocenters. The van der Waals surface area contributed by atoms with Gasteiger partial charge in [-0.1, -0.05) is 0 Å². The first kappa shape index (κ1) is 20.4. The molecule has 0 spiro atoms. The molecule has 2 heterocycles. The van der Waals surface area contributed by atoms with Gasteiger partial charge in [0.05, 0.1) is 28.0 Å². The van der Waals surface area contributed by atoms with E-state index in [2.05, 4.69) is 4.90 Å². The second-order valence-corrected chi connectivity index (χ2v) is 7.36. The Kier molecular flexibility index (Phi) is 5.34. The molecule has 0 aromatic heterocycles. The molecular weight excluding hydrogens is 406 g/mol. The lowest BCUT2D eigenvalue weighted by Crippen LogP contribution is -2.52. The van der Waals surface area contributed by atoms with Crippen LogP contribution in [0.15, 0.2) is 48.5 Å². The zero-order valence-electron chi connectivity index (χ0n) is 16.4. The fourth-order valence-electron chi connectivity index (χ4n) is 3.97. The Morgan fingerprint density at radius 1 is 0.742 bits per heavy atom. The van der Waals surface area contributed by atoms with Crippen molar-refractivity contribution in [2.45, 2.75) is 12.5 Å². The summed E-state index contributed by atoms with van der Waals surface area (Å²) in [5, 5.41) is 21.6. The van der Waals surface area contributed by atoms with Crippen LogP contribution in [0.5, 0.6) is 0 Å². The molecule has 0 saturated carbocycles. The fraction of sp³-hybridized carbons (Fsp3) is 0.300. The van der Waals surface area contributed by atoms with E-state index in [1.54, 1.807) is 12.1 Å². The minimum absolute atomic E-state index is 0.0313. The third-order valence-corrected chi connectivity index (χ3v) is 5.62. The van der Waals surface area contributed by atoms with Gasteiger partial charge >= 0.3 is 0 Å². The number of anilines is 2. The molecule has 2 aromatic rings. The summed E-state index contributed by atoms with van der Waals surface area (Å²) in [6, 6.07) is 11.1. The fourth-order valence-corrected chi connectivity index (χ4v) is 3.97. The number of hydrogen-bond acceptors (Lipinski definition) is 8. The summed E-state index contributed by atoms with van der Waals surface area (Å²) in [7, 11) is 0. The first-order valence-electron chi connectivity index (χ1n) is 9.70. The zero-order chi connectivity index (χ0) is 22.1. The molecule has 160 valence electrons. The highest BCUT2D eigenvalue weighted by molar-refractivity contribution is 6.22. The summed E-state index contributed by atoms with van der Waals surface area (Å²) in [4.78, 5) is 51.2. The number of hydrogen-bond donors (Lipinski definition) is 0. The number of nitro benzene ring substituents is 2. The third kappa shape index (κ3) is 3.94. The lowest BCUT2D eigenvalue weighted by molar-refractivity contribution is -0.385. The van der Waals surface area contributed by atoms with Crippen LogP contribution < -0.4 is 9.80 Å². The number of nitrogens with zero attached hydrogens (tertiary/aromatic N) is 5. The van der Waals surface area contributed by atoms with Gasteiger partial charge < -0.3 is 4.90 Å². The Morgan fingerprint density at radius 2 is 1.23 bits per heavy atom. The van der Waals surface area contributed by atoms with Gasteiger partial charge in [-0.05, 0) is 24.3 Å². The maximum absolute atomic E-state index is 12.9. The average Bonchev–Trinajstić information content (AvgIpc) is 3.08. The number of nitro groups is 2. The monoisotopic (exact) mass is 425 g/mol. The normalized spacial score (nSPS) is 19.7. The van der Waals surface area contributed by atoms with Gasteiger partial charge in [0.25, 0.3) is 17.3 Å². The standard InChI is InChI=1S/C20H19N5O6/c26-19-13-18(20(27)23(19)15-3-7-17(8-4-15)25(30)31)22-11-9-21(10-12-22)14-1-5-16(6-2-14)24(28)29/h1-8,18H,9-13H2/t18-/m0/s1. The first-order valence-corrected chi connectivity index (χ1v) is 9.70. The van der Waals surface area contributed by atoms with Gasteiger partial charge in [0.2, 0.25) is 5.91 Å². The summed E-state index contributed by atoms with van der Waals surface area (Å²) >= 11 is 0. The minimum atomic E-state index is -0.568. The van der Waals surface area contributed by atoms with Gasteiger partial charge in [0.1, 0.15) is 0 Å². The Morgan fingerprint density at radius 3 is 1.71 bits per heavy atom. The van der Waals surface area contributed by atoms with Crippen molar-refractivity contribution in [2.24, 2.45) is 0 Å². The molecule has 2 aliphatic heterocycles. The molecule has 0 radical (unpaired) electrons. The highest BCUT2D eigenvalue weighted by Gasteiger charge is 2.43. The molecule has 11 heteroatoms. The van der Waals surface area contributed by atoms with Crippen molar-refractivity contribution in [3.05, 3.63) is 68.8 Å². The van der Waals surface area contributed by atoms with Crippen molar-refractivity contribution in [1.82, 2.24) is 4.90 Å². The molecule has 2 aromatic carbocycles. The van der Waals surface area contributed by atoms with Crippen LogP contribution in [0.4, 0.5) is 22.7 Å². The quantitative estimate of drug-likeness (QED) is 0.404. The van der Waals surface area contributed by atoms with E-state index in [1.165, 1.54) is 36.4 Å². The van der Waals surface area contributed by atoms with Crippen LogP contribution in [0.2, 0.25) is 0 Å². The summed E-state index contributed by atoms with van der Waals surface area (Å²) in [5.41, 5.74) is 1.12. The number of amides is 2. The van der Waals surface area contributed by atoms with Gasteiger partial charge in [0.15, 0.2) is 0 Å². The van der Waals surface area contributed by atoms with Crippen LogP contribution in [0.25, 0.3) is 0 Å². The predicted octanol–water partition coefficient (Wildman–Crippen LogP) is 1.96. The highest BCUT2D eigenvalue weighted by Crippen LogP contribution is 2.28. The van der Waals surface area contributed by atoms with Gasteiger partial charge in [-0.25, -0.2) is 4.90 Å². The van der Waals surface area contributed by atoms with Crippen molar-refractivity contribution < 1.29 is 19.4 Å². The second kappa shape index (κ2) is 8.11. The average molecular weight is 425 g/mol. The maximum atomic E-state index is 12.9. The molecule has 4 rings (SSSR count). The summed E-state index contributed by atoms with van der Waals surface area (Å²) in [5.74, 6) is -0.663. The molecular formula is C20H19N5O6. The first-order chi connectivity index (χ1) is 14.8. The number of carbonyl (C=O) groups excluding carboxylic acids is 2. The lowest BCUT2D eigenvalue weighted by Gasteiger charge is -2.38. The van der Waals surface area contributed by atoms with Crippen molar-refractivity contribution in [3.8, 4) is 0 Å². The van der Waals surface area contributed by atoms with E-state index in [0.29, 0.717) is 31.9 Å². The Bertz CT molecular complexity index is 1030. The Labute approximate surface area is 176 Å². The summed E-state index contributed by atoms with van der Waals surface area (Å²) < 4.78 is 0. The van der Waals surface area contributed by atoms with Gasteiger partial charge in [-0.15, -0.1) is 0 Å². The number of rotatable bonds is 5. The zero-order valence-corrected chi connectivity index (χ0v) is 16.4. The smallest absolute Gasteiger partial charge is 0.269 e. The van der Waals surface area contributed by atoms with Crippen LogP contribution in [-0.4, -0.2) is 58.8 Å². The van der Waals surface area contributed by atoms with Crippen LogP contribution in [0.3, 0.4) is 0 Å². The minimum Gasteiger partial charge on any atom is -0.369 e. The molecule has 2 amide bonds. The molecule has 1 atom stereocenters. The molecule has 31 heavy (non-hydrogen) atoms. The second-order valence-electron chi connectivity index (χ2n) is 7.36. The number of carbonyl (C=O) groups is 2. The largest absolute Gasteiger partial charge is 0.369 e. The van der Waals surface area contributed by atoms with E-state index in [9.17, 15) is 29.8 Å². The topological polar surface area (TPSA) is 130 Å². The number of benzene rings is 2. The molecule has 2 aliphatic rings. The third-order valence-electron chi connectivity index (χ3n) is 5.62. The SMILES string of the molecule is O=C1C[C@H](N2CCN(c3ccc([N+](=O)[O-])cc3)CC2)C(=O)N1c1ccc([N+](=O)[O-])cc1. The highest BCUT2D eigenvalue weighted by atomic mass is 16.6. The van der Waals surface area contributed by atoms with E-state index in [-0.39, 0.29) is 29.6 Å². The van der Waals surface area contributed by atoms with Crippen LogP contribution in [-0.2, 0) is 9.59 Å². The van der Waals surface area contributed by atoms with E-state index in [1.807, 2.05) is 4.90 Å². The van der Waals surface area contributed by atoms with E-state index in [0.717, 1.165) is 10.6 Å². The molecule has 0 aliphatic carbocycles. The van der Waals surface area contributed by atoms with E-state index >= 15 is 0 Å². The van der Waals surface area contributed by atoms with Crippen molar-refractivity contribution >= 4 is 34.6 Å². The van der Waals surface area contributed by atoms with Gasteiger partial charge in [0, 0.05) is 56.1 Å². The Hall–Kier alpha value is -3.86. The summed E-state index contributed by atoms with van der Waals surface area (Å²) in [6.07, 6.45) is 0.0628. The van der Waals surface area contributed by atoms with E-state index in [4.69, 9.17) is 0 Å². The van der Waals surface area contributed by atoms with E-state index < -0.39 is 15.9 Å². The molecule has 2 fully saturated rings.